The standard InChI is InChI=1S/2C20H28O2/c2*1-15(8-6-9-16(2)14-19(21)22)11-12-18-17(3)10-7-13-20(18,4)5/h2*6,8-9,11-12,14H,7,10,13H2,1-5H3,(H,21,22)/b2*9-6+,12-11+,15-8+,16-14-. The molecule has 2 aliphatic carbocycles. The van der Waals surface area contributed by atoms with Gasteiger partial charge < -0.3 is 10.2 Å². The lowest BCUT2D eigenvalue weighted by Crippen LogP contribution is -2.19. The Hall–Kier alpha value is -3.66. The Balaban J connectivity index is 0.000000440. The molecule has 0 aromatic heterocycles. The van der Waals surface area contributed by atoms with E-state index in [0.29, 0.717) is 0 Å². The first-order valence-electron chi connectivity index (χ1n) is 15.7. The molecule has 4 nitrogen and oxygen atoms in total. The van der Waals surface area contributed by atoms with Crippen LogP contribution in [0.4, 0.5) is 0 Å². The zero-order chi connectivity index (χ0) is 33.5. The van der Waals surface area contributed by atoms with Gasteiger partial charge >= 0.3 is 11.9 Å². The second-order valence-corrected chi connectivity index (χ2v) is 13.5. The van der Waals surface area contributed by atoms with Gasteiger partial charge in [0.15, 0.2) is 0 Å². The van der Waals surface area contributed by atoms with Crippen LogP contribution in [0.5, 0.6) is 0 Å². The van der Waals surface area contributed by atoms with E-state index in [1.54, 1.807) is 26.0 Å². The lowest BCUT2D eigenvalue weighted by molar-refractivity contribution is -0.132. The molecule has 0 radical (unpaired) electrons. The fourth-order valence-electron chi connectivity index (χ4n) is 5.75. The third-order valence-corrected chi connectivity index (χ3v) is 8.25. The molecule has 0 aromatic rings. The minimum absolute atomic E-state index is 0.260. The lowest BCUT2D eigenvalue weighted by Gasteiger charge is -2.33. The van der Waals surface area contributed by atoms with E-state index in [2.05, 4.69) is 79.7 Å². The number of rotatable bonds is 10. The van der Waals surface area contributed by atoms with E-state index in [-0.39, 0.29) is 10.8 Å². The molecular weight excluding hydrogens is 544 g/mol. The molecule has 240 valence electrons. The summed E-state index contributed by atoms with van der Waals surface area (Å²) in [5.41, 5.74) is 10.2. The average molecular weight is 601 g/mol. The predicted octanol–water partition coefficient (Wildman–Crippen LogP) is 11.2. The highest BCUT2D eigenvalue weighted by Gasteiger charge is 2.27. The minimum atomic E-state index is -0.912. The fraction of sp³-hybridized carbons (Fsp3) is 0.450. The van der Waals surface area contributed by atoms with Crippen LogP contribution < -0.4 is 0 Å². The zero-order valence-electron chi connectivity index (χ0n) is 28.9. The first kappa shape index (κ1) is 38.4. The summed E-state index contributed by atoms with van der Waals surface area (Å²) in [7, 11) is 0. The van der Waals surface area contributed by atoms with Crippen LogP contribution in [0.1, 0.15) is 108 Å². The van der Waals surface area contributed by atoms with Crippen LogP contribution in [0.3, 0.4) is 0 Å². The van der Waals surface area contributed by atoms with E-state index >= 15 is 0 Å². The van der Waals surface area contributed by atoms with Gasteiger partial charge in [-0.25, -0.2) is 9.59 Å². The van der Waals surface area contributed by atoms with Crippen molar-refractivity contribution in [2.45, 2.75) is 108 Å². The Morgan fingerprint density at radius 2 is 0.932 bits per heavy atom. The Morgan fingerprint density at radius 3 is 1.23 bits per heavy atom. The van der Waals surface area contributed by atoms with Crippen LogP contribution in [0.2, 0.25) is 0 Å². The van der Waals surface area contributed by atoms with E-state index in [4.69, 9.17) is 10.2 Å². The smallest absolute Gasteiger partial charge is 0.328 e. The molecule has 0 bridgehead atoms. The molecule has 0 atom stereocenters. The van der Waals surface area contributed by atoms with Crippen molar-refractivity contribution in [2.75, 3.05) is 0 Å². The van der Waals surface area contributed by atoms with Crippen molar-refractivity contribution in [1.29, 1.82) is 0 Å². The lowest BCUT2D eigenvalue weighted by atomic mass is 9.72. The third kappa shape index (κ3) is 14.7. The van der Waals surface area contributed by atoms with Crippen molar-refractivity contribution < 1.29 is 19.8 Å². The van der Waals surface area contributed by atoms with Gasteiger partial charge in [-0.3, -0.25) is 0 Å². The van der Waals surface area contributed by atoms with Crippen LogP contribution in [0.15, 0.2) is 117 Å². The molecule has 0 spiro atoms. The van der Waals surface area contributed by atoms with Crippen molar-refractivity contribution in [3.05, 3.63) is 117 Å². The molecule has 0 fully saturated rings. The van der Waals surface area contributed by atoms with Gasteiger partial charge in [-0.1, -0.05) is 111 Å². The van der Waals surface area contributed by atoms with E-state index in [1.165, 1.54) is 73.0 Å². The highest BCUT2D eigenvalue weighted by Crippen LogP contribution is 2.41. The van der Waals surface area contributed by atoms with Crippen LogP contribution in [0.25, 0.3) is 0 Å². The Morgan fingerprint density at radius 1 is 0.591 bits per heavy atom. The van der Waals surface area contributed by atoms with Gasteiger partial charge in [-0.15, -0.1) is 0 Å². The van der Waals surface area contributed by atoms with E-state index in [1.807, 2.05) is 24.3 Å². The van der Waals surface area contributed by atoms with Gasteiger partial charge in [0.2, 0.25) is 0 Å². The number of carboxylic acids is 2. The third-order valence-electron chi connectivity index (χ3n) is 8.25. The highest BCUT2D eigenvalue weighted by molar-refractivity contribution is 5.81. The van der Waals surface area contributed by atoms with Gasteiger partial charge in [-0.05, 0) is 113 Å². The molecule has 0 unspecified atom stereocenters. The Kier molecular flexibility index (Phi) is 15.9. The summed E-state index contributed by atoms with van der Waals surface area (Å²) in [6.45, 7) is 21.4. The molecule has 0 aromatic carbocycles. The van der Waals surface area contributed by atoms with Gasteiger partial charge in [-0.2, -0.15) is 0 Å². The number of hydrogen-bond acceptors (Lipinski definition) is 2. The van der Waals surface area contributed by atoms with Crippen LogP contribution in [-0.4, -0.2) is 22.2 Å². The van der Waals surface area contributed by atoms with E-state index in [0.717, 1.165) is 22.3 Å². The summed E-state index contributed by atoms with van der Waals surface area (Å²) in [4.78, 5) is 21.1. The molecule has 0 saturated heterocycles. The van der Waals surface area contributed by atoms with Crippen LogP contribution in [-0.2, 0) is 9.59 Å². The SMILES string of the molecule is CC1=C(/C=C/C(C)=C/C=C/C(C)=C\C(=O)O)C(C)(C)CCC1.CC1=C(/C=C/C(C)=C/C=C/C(C)=C\C(=O)O)C(C)(C)CCC1. The van der Waals surface area contributed by atoms with Crippen molar-refractivity contribution in [1.82, 2.24) is 0 Å². The maximum atomic E-state index is 10.5. The molecular formula is C40H56O4. The number of carboxylic acid groups (broad SMARTS) is 2. The molecule has 44 heavy (non-hydrogen) atoms. The molecule has 2 N–H and O–H groups in total. The van der Waals surface area contributed by atoms with Crippen LogP contribution in [0, 0.1) is 10.8 Å². The summed E-state index contributed by atoms with van der Waals surface area (Å²) >= 11 is 0. The van der Waals surface area contributed by atoms with Crippen molar-refractivity contribution in [2.24, 2.45) is 10.8 Å². The first-order valence-corrected chi connectivity index (χ1v) is 15.7. The van der Waals surface area contributed by atoms with Gasteiger partial charge in [0.05, 0.1) is 0 Å². The predicted molar refractivity (Wildman–Crippen MR) is 188 cm³/mol. The first-order chi connectivity index (χ1) is 20.4. The maximum absolute atomic E-state index is 10.5. The van der Waals surface area contributed by atoms with E-state index < -0.39 is 11.9 Å². The molecule has 4 heteroatoms. The Bertz CT molecular complexity index is 1240. The van der Waals surface area contributed by atoms with Crippen LogP contribution >= 0.6 is 0 Å². The van der Waals surface area contributed by atoms with Crippen molar-refractivity contribution >= 4 is 11.9 Å². The number of hydrogen-bond donors (Lipinski definition) is 2. The monoisotopic (exact) mass is 600 g/mol. The van der Waals surface area contributed by atoms with E-state index in [9.17, 15) is 9.59 Å². The fourth-order valence-corrected chi connectivity index (χ4v) is 5.75. The van der Waals surface area contributed by atoms with Gasteiger partial charge in [0, 0.05) is 12.2 Å². The quantitative estimate of drug-likeness (QED) is 0.193. The highest BCUT2D eigenvalue weighted by atomic mass is 16.4. The maximum Gasteiger partial charge on any atom is 0.328 e. The van der Waals surface area contributed by atoms with Crippen molar-refractivity contribution in [3.63, 3.8) is 0 Å². The zero-order valence-corrected chi connectivity index (χ0v) is 28.9. The topological polar surface area (TPSA) is 74.6 Å². The number of aliphatic carboxylic acids is 2. The minimum Gasteiger partial charge on any atom is -0.478 e. The summed E-state index contributed by atoms with van der Waals surface area (Å²) < 4.78 is 0. The second kappa shape index (κ2) is 18.2. The molecule has 0 heterocycles. The molecule has 0 saturated carbocycles. The summed E-state index contributed by atoms with van der Waals surface area (Å²) in [6.07, 6.45) is 30.0. The largest absolute Gasteiger partial charge is 0.478 e. The van der Waals surface area contributed by atoms with Crippen molar-refractivity contribution in [3.8, 4) is 0 Å². The molecule has 2 rings (SSSR count). The van der Waals surface area contributed by atoms with Gasteiger partial charge in [0.1, 0.15) is 0 Å². The average Bonchev–Trinajstić information content (AvgIpc) is 2.87. The second-order valence-electron chi connectivity index (χ2n) is 13.5. The summed E-state index contributed by atoms with van der Waals surface area (Å²) in [5.74, 6) is -1.82. The molecule has 0 aliphatic heterocycles. The normalized spacial score (nSPS) is 20.2. The van der Waals surface area contributed by atoms with Gasteiger partial charge in [0.25, 0.3) is 0 Å². The molecule has 2 aliphatic rings. The Labute approximate surface area is 267 Å². The number of allylic oxidation sites excluding steroid dienone is 18. The number of carbonyl (C=O) groups is 2. The summed E-state index contributed by atoms with van der Waals surface area (Å²) in [5, 5.41) is 17.3. The summed E-state index contributed by atoms with van der Waals surface area (Å²) in [6, 6.07) is 0. The molecule has 0 amide bonds.